The molecule has 0 radical (unpaired) electrons. The highest BCUT2D eigenvalue weighted by Crippen LogP contribution is 2.24. The summed E-state index contributed by atoms with van der Waals surface area (Å²) in [5, 5.41) is 6.86. The number of amides is 1. The maximum absolute atomic E-state index is 12.7. The summed E-state index contributed by atoms with van der Waals surface area (Å²) < 4.78 is 6.64. The van der Waals surface area contributed by atoms with Crippen molar-refractivity contribution < 1.29 is 9.32 Å². The summed E-state index contributed by atoms with van der Waals surface area (Å²) in [6, 6.07) is 15.3. The number of fused-ring (bicyclic) bond motifs is 1. The number of nitrogens with one attached hydrogen (secondary N) is 1. The minimum absolute atomic E-state index is 0.0853. The van der Waals surface area contributed by atoms with E-state index in [0.717, 1.165) is 22.4 Å². The van der Waals surface area contributed by atoms with E-state index in [-0.39, 0.29) is 30.0 Å². The third-order valence-electron chi connectivity index (χ3n) is 4.66. The number of carbonyl (C=O) groups excluding carboxylic acids is 1. The van der Waals surface area contributed by atoms with Gasteiger partial charge >= 0.3 is 0 Å². The van der Waals surface area contributed by atoms with Crippen molar-refractivity contribution >= 4 is 22.7 Å². The second-order valence-corrected chi connectivity index (χ2v) is 6.99. The fourth-order valence-electron chi connectivity index (χ4n) is 3.08. The zero-order chi connectivity index (χ0) is 20.4. The van der Waals surface area contributed by atoms with Crippen LogP contribution in [0.4, 0.5) is 5.69 Å². The van der Waals surface area contributed by atoms with E-state index >= 15 is 0 Å². The largest absolute Gasteiger partial charge is 0.348 e. The molecule has 2 aromatic carbocycles. The number of benzene rings is 2. The van der Waals surface area contributed by atoms with Crippen LogP contribution in [-0.2, 0) is 11.3 Å². The lowest BCUT2D eigenvalue weighted by Crippen LogP contribution is -2.23. The minimum Gasteiger partial charge on any atom is -0.348 e. The quantitative estimate of drug-likeness (QED) is 0.563. The molecule has 0 aliphatic rings. The van der Waals surface area contributed by atoms with Gasteiger partial charge in [0, 0.05) is 24.2 Å². The first-order valence-electron chi connectivity index (χ1n) is 9.29. The van der Waals surface area contributed by atoms with Crippen LogP contribution in [0.15, 0.2) is 64.2 Å². The summed E-state index contributed by atoms with van der Waals surface area (Å²) in [4.78, 5) is 29.3. The van der Waals surface area contributed by atoms with E-state index < -0.39 is 0 Å². The number of nitrogens with zero attached hydrogens (tertiary/aromatic N) is 3. The molecular weight excluding hydrogens is 368 g/mol. The molecule has 1 amide bonds. The van der Waals surface area contributed by atoms with Gasteiger partial charge in [0.15, 0.2) is 0 Å². The molecule has 29 heavy (non-hydrogen) atoms. The molecule has 7 nitrogen and oxygen atoms in total. The highest BCUT2D eigenvalue weighted by Gasteiger charge is 2.16. The Morgan fingerprint density at radius 1 is 1.10 bits per heavy atom. The first-order valence-corrected chi connectivity index (χ1v) is 9.29. The smallest absolute Gasteiger partial charge is 0.299 e. The Balaban J connectivity index is 1.51. The van der Waals surface area contributed by atoms with E-state index in [4.69, 9.17) is 4.52 Å². The molecule has 0 unspecified atom stereocenters. The van der Waals surface area contributed by atoms with Crippen molar-refractivity contribution in [3.63, 3.8) is 0 Å². The average Bonchev–Trinajstić information content (AvgIpc) is 3.13. The molecule has 2 aromatic heterocycles. The van der Waals surface area contributed by atoms with Crippen molar-refractivity contribution in [2.75, 3.05) is 5.32 Å². The van der Waals surface area contributed by atoms with Gasteiger partial charge in [0.1, 0.15) is 11.2 Å². The van der Waals surface area contributed by atoms with E-state index in [1.807, 2.05) is 62.4 Å². The molecule has 0 spiro atoms. The summed E-state index contributed by atoms with van der Waals surface area (Å²) in [6.07, 6.45) is 1.57. The standard InChI is InChI=1S/C22H20N4O3/c1-14-6-8-16(9-7-14)19-20-21(29-25-19)22(28)26(13-23-20)11-10-18(27)24-17-5-3-4-15(2)12-17/h3-9,12-13H,10-11H2,1-2H3,(H,24,27). The van der Waals surface area contributed by atoms with Crippen molar-refractivity contribution in [1.82, 2.24) is 14.7 Å². The van der Waals surface area contributed by atoms with Crippen molar-refractivity contribution in [3.05, 3.63) is 76.3 Å². The van der Waals surface area contributed by atoms with Gasteiger partial charge in [0.25, 0.3) is 11.1 Å². The van der Waals surface area contributed by atoms with Crippen molar-refractivity contribution in [2.45, 2.75) is 26.8 Å². The molecule has 146 valence electrons. The molecule has 7 heteroatoms. The SMILES string of the molecule is Cc1ccc(-c2noc3c(=O)n(CCC(=O)Nc4cccc(C)c4)cnc23)cc1. The zero-order valence-electron chi connectivity index (χ0n) is 16.2. The van der Waals surface area contributed by atoms with Crippen molar-refractivity contribution in [1.29, 1.82) is 0 Å². The first kappa shape index (κ1) is 18.6. The summed E-state index contributed by atoms with van der Waals surface area (Å²) >= 11 is 0. The topological polar surface area (TPSA) is 90.0 Å². The normalized spacial score (nSPS) is 11.0. The molecule has 0 aliphatic carbocycles. The summed E-state index contributed by atoms with van der Waals surface area (Å²) in [7, 11) is 0. The van der Waals surface area contributed by atoms with Crippen LogP contribution in [0.25, 0.3) is 22.4 Å². The van der Waals surface area contributed by atoms with E-state index in [1.165, 1.54) is 10.9 Å². The van der Waals surface area contributed by atoms with Gasteiger partial charge in [-0.2, -0.15) is 0 Å². The van der Waals surface area contributed by atoms with Gasteiger partial charge in [-0.15, -0.1) is 0 Å². The van der Waals surface area contributed by atoms with Gasteiger partial charge in [-0.1, -0.05) is 47.1 Å². The third kappa shape index (κ3) is 3.94. The summed E-state index contributed by atoms with van der Waals surface area (Å²) in [6.45, 7) is 4.15. The number of carbonyl (C=O) groups is 1. The van der Waals surface area contributed by atoms with Crippen LogP contribution in [0.3, 0.4) is 0 Å². The third-order valence-corrected chi connectivity index (χ3v) is 4.66. The molecule has 4 aromatic rings. The number of hydrogen-bond acceptors (Lipinski definition) is 5. The fraction of sp³-hybridized carbons (Fsp3) is 0.182. The average molecular weight is 388 g/mol. The van der Waals surface area contributed by atoms with E-state index in [0.29, 0.717) is 11.2 Å². The maximum atomic E-state index is 12.7. The minimum atomic E-state index is -0.357. The Hall–Kier alpha value is -3.74. The van der Waals surface area contributed by atoms with Gasteiger partial charge in [0.05, 0.1) is 6.33 Å². The molecular formula is C22H20N4O3. The van der Waals surface area contributed by atoms with Crippen LogP contribution in [0.5, 0.6) is 0 Å². The second kappa shape index (κ2) is 7.71. The Labute approximate surface area is 167 Å². The Morgan fingerprint density at radius 2 is 1.90 bits per heavy atom. The van der Waals surface area contributed by atoms with Crippen molar-refractivity contribution in [2.24, 2.45) is 0 Å². The Morgan fingerprint density at radius 3 is 2.66 bits per heavy atom. The zero-order valence-corrected chi connectivity index (χ0v) is 16.2. The number of rotatable bonds is 5. The molecule has 0 atom stereocenters. The fourth-order valence-corrected chi connectivity index (χ4v) is 3.08. The molecule has 1 N–H and O–H groups in total. The molecule has 0 saturated carbocycles. The molecule has 0 bridgehead atoms. The highest BCUT2D eigenvalue weighted by molar-refractivity contribution is 5.90. The summed E-state index contributed by atoms with van der Waals surface area (Å²) in [5.41, 5.74) is 4.42. The Bertz CT molecular complexity index is 1240. The predicted molar refractivity (Wildman–Crippen MR) is 111 cm³/mol. The van der Waals surface area contributed by atoms with Crippen LogP contribution >= 0.6 is 0 Å². The van der Waals surface area contributed by atoms with Gasteiger partial charge in [-0.05, 0) is 31.5 Å². The van der Waals surface area contributed by atoms with Crippen LogP contribution in [-0.4, -0.2) is 20.6 Å². The molecule has 2 heterocycles. The number of hydrogen-bond donors (Lipinski definition) is 1. The first-order chi connectivity index (χ1) is 14.0. The van der Waals surface area contributed by atoms with E-state index in [2.05, 4.69) is 15.5 Å². The number of aromatic nitrogens is 3. The lowest BCUT2D eigenvalue weighted by atomic mass is 10.1. The van der Waals surface area contributed by atoms with Crippen LogP contribution in [0.2, 0.25) is 0 Å². The monoisotopic (exact) mass is 388 g/mol. The van der Waals surface area contributed by atoms with Gasteiger partial charge < -0.3 is 9.84 Å². The molecule has 0 saturated heterocycles. The number of anilines is 1. The lowest BCUT2D eigenvalue weighted by molar-refractivity contribution is -0.116. The molecule has 0 aliphatic heterocycles. The molecule has 0 fully saturated rings. The van der Waals surface area contributed by atoms with Crippen molar-refractivity contribution in [3.8, 4) is 11.3 Å². The van der Waals surface area contributed by atoms with Gasteiger partial charge in [-0.25, -0.2) is 4.98 Å². The van der Waals surface area contributed by atoms with Crippen LogP contribution in [0.1, 0.15) is 17.5 Å². The van der Waals surface area contributed by atoms with E-state index in [1.54, 1.807) is 0 Å². The molecule has 4 rings (SSSR count). The highest BCUT2D eigenvalue weighted by atomic mass is 16.5. The maximum Gasteiger partial charge on any atom is 0.299 e. The van der Waals surface area contributed by atoms with Gasteiger partial charge in [0.2, 0.25) is 5.91 Å². The Kier molecular flexibility index (Phi) is 4.95. The summed E-state index contributed by atoms with van der Waals surface area (Å²) in [5.74, 6) is -0.180. The van der Waals surface area contributed by atoms with E-state index in [9.17, 15) is 9.59 Å². The lowest BCUT2D eigenvalue weighted by Gasteiger charge is -2.07. The van der Waals surface area contributed by atoms with Gasteiger partial charge in [-0.3, -0.25) is 14.2 Å². The second-order valence-electron chi connectivity index (χ2n) is 6.99. The van der Waals surface area contributed by atoms with Crippen LogP contribution in [0, 0.1) is 13.8 Å². The number of aryl methyl sites for hydroxylation is 3. The predicted octanol–water partition coefficient (Wildman–Crippen LogP) is 3.70. The van der Waals surface area contributed by atoms with Crippen LogP contribution < -0.4 is 10.9 Å².